The van der Waals surface area contributed by atoms with E-state index in [2.05, 4.69) is 26.0 Å². The quantitative estimate of drug-likeness (QED) is 0.478. The van der Waals surface area contributed by atoms with Crippen LogP contribution in [0.5, 0.6) is 0 Å². The second kappa shape index (κ2) is 8.52. The predicted octanol–water partition coefficient (Wildman–Crippen LogP) is -0.312. The van der Waals surface area contributed by atoms with E-state index in [1.807, 2.05) is 0 Å². The monoisotopic (exact) mass is 472 g/mol. The van der Waals surface area contributed by atoms with Crippen LogP contribution in [0.3, 0.4) is 0 Å². The predicted molar refractivity (Wildman–Crippen MR) is 101 cm³/mol. The van der Waals surface area contributed by atoms with Crippen molar-refractivity contribution in [2.75, 3.05) is 0 Å². The molecule has 1 aromatic rings. The fourth-order valence-corrected chi connectivity index (χ4v) is 2.22. The average molecular weight is 472 g/mol. The third kappa shape index (κ3) is 5.42. The van der Waals surface area contributed by atoms with Crippen molar-refractivity contribution in [3.05, 3.63) is 23.8 Å². The van der Waals surface area contributed by atoms with Crippen molar-refractivity contribution in [3.63, 3.8) is 0 Å². The Morgan fingerprint density at radius 1 is 0.724 bits per heavy atom. The Labute approximate surface area is 196 Å². The number of benzene rings is 1. The van der Waals surface area contributed by atoms with Gasteiger partial charge in [-0.2, -0.15) is 11.6 Å². The van der Waals surface area contributed by atoms with Gasteiger partial charge in [0.2, 0.25) is 0 Å². The van der Waals surface area contributed by atoms with Gasteiger partial charge in [0.25, 0.3) is 0 Å². The maximum Gasteiger partial charge on any atom is 0.0820 e. The van der Waals surface area contributed by atoms with Gasteiger partial charge in [0.1, 0.15) is 0 Å². The van der Waals surface area contributed by atoms with Crippen molar-refractivity contribution in [1.82, 2.24) is 0 Å². The number of aliphatic imine (C=N–C) groups is 4. The molecule has 0 saturated heterocycles. The molecule has 1 aliphatic rings. The molecular weight excluding hydrogens is 449 g/mol. The first-order valence-corrected chi connectivity index (χ1v) is 8.76. The van der Waals surface area contributed by atoms with Gasteiger partial charge in [-0.25, -0.2) is 0 Å². The van der Waals surface area contributed by atoms with Crippen LogP contribution in [0.15, 0.2) is 32.1 Å². The van der Waals surface area contributed by atoms with E-state index in [1.54, 1.807) is 13.0 Å². The molecular formula is C20H23N4O4Y-5. The molecule has 0 fully saturated rings. The van der Waals surface area contributed by atoms with Crippen LogP contribution in [0.2, 0.25) is 0 Å². The second-order valence-electron chi connectivity index (χ2n) is 8.30. The summed E-state index contributed by atoms with van der Waals surface area (Å²) >= 11 is 0. The summed E-state index contributed by atoms with van der Waals surface area (Å²) in [4.78, 5) is 15.9. The maximum absolute atomic E-state index is 12.7. The van der Waals surface area contributed by atoms with Crippen LogP contribution in [0, 0.1) is 18.4 Å². The molecule has 0 bridgehead atoms. The molecule has 0 aromatic heterocycles. The molecule has 9 heteroatoms. The maximum atomic E-state index is 12.7. The molecule has 2 rings (SSSR count). The van der Waals surface area contributed by atoms with Crippen molar-refractivity contribution >= 4 is 35.0 Å². The minimum Gasteiger partial charge on any atom is -0.861 e. The summed E-state index contributed by atoms with van der Waals surface area (Å²) in [5.41, 5.74) is -3.68. The Morgan fingerprint density at radius 2 is 1.14 bits per heavy atom. The largest absolute Gasteiger partial charge is 0.861 e. The van der Waals surface area contributed by atoms with E-state index in [0.717, 1.165) is 0 Å². The van der Waals surface area contributed by atoms with E-state index in [1.165, 1.54) is 47.6 Å². The summed E-state index contributed by atoms with van der Waals surface area (Å²) in [7, 11) is 0. The summed E-state index contributed by atoms with van der Waals surface area (Å²) in [6, 6.07) is 5.90. The Bertz CT molecular complexity index is 915. The van der Waals surface area contributed by atoms with Crippen LogP contribution in [-0.4, -0.2) is 34.7 Å². The zero-order chi connectivity index (χ0) is 21.5. The summed E-state index contributed by atoms with van der Waals surface area (Å²) in [5.74, 6) is -3.04. The molecule has 0 amide bonds. The number of nitrogens with zero attached hydrogens (tertiary/aromatic N) is 4. The Balaban J connectivity index is 0.00000420. The van der Waals surface area contributed by atoms with Gasteiger partial charge in [-0.15, -0.1) is 12.1 Å². The molecule has 1 aromatic carbocycles. The smallest absolute Gasteiger partial charge is 0.0820 e. The van der Waals surface area contributed by atoms with E-state index in [-0.39, 0.29) is 44.1 Å². The van der Waals surface area contributed by atoms with Crippen LogP contribution in [0.25, 0.3) is 0 Å². The van der Waals surface area contributed by atoms with Gasteiger partial charge in [-0.05, 0) is 62.7 Å². The standard InChI is InChI=1S/C20H27N4O4.Y/c1-11-8-9-12-13(10-11)22-17(28)20(6,7)24-15(26)18(2,3)14(25)23-19(4,5)16(27)21-12;/h9-10H,1-7H3,(H,21,27)(H,22,28)(H,23,25)(H,24,26);/q-1;/p-4. The molecule has 29 heavy (non-hydrogen) atoms. The van der Waals surface area contributed by atoms with Gasteiger partial charge in [-0.3, -0.25) is 15.0 Å². The molecule has 155 valence electrons. The van der Waals surface area contributed by atoms with E-state index < -0.39 is 40.1 Å². The zero-order valence-corrected chi connectivity index (χ0v) is 20.5. The normalized spacial score (nSPS) is 20.8. The van der Waals surface area contributed by atoms with E-state index in [0.29, 0.717) is 5.56 Å². The van der Waals surface area contributed by atoms with Crippen LogP contribution in [0.1, 0.15) is 47.1 Å². The summed E-state index contributed by atoms with van der Waals surface area (Å²) in [5, 5.41) is 50.7. The van der Waals surface area contributed by atoms with Crippen molar-refractivity contribution in [2.45, 2.75) is 59.5 Å². The van der Waals surface area contributed by atoms with Gasteiger partial charge >= 0.3 is 0 Å². The topological polar surface area (TPSA) is 142 Å². The Morgan fingerprint density at radius 3 is 1.59 bits per heavy atom. The zero-order valence-electron chi connectivity index (χ0n) is 17.7. The van der Waals surface area contributed by atoms with E-state index >= 15 is 0 Å². The minimum atomic E-state index is -1.64. The summed E-state index contributed by atoms with van der Waals surface area (Å²) < 4.78 is 0. The molecule has 1 aliphatic heterocycles. The minimum absolute atomic E-state index is 0. The molecule has 0 unspecified atom stereocenters. The first-order chi connectivity index (χ1) is 12.7. The molecule has 8 nitrogen and oxygen atoms in total. The van der Waals surface area contributed by atoms with Crippen molar-refractivity contribution in [3.8, 4) is 0 Å². The number of fused-ring (bicyclic) bond motifs is 1. The van der Waals surface area contributed by atoms with E-state index in [4.69, 9.17) is 0 Å². The fraction of sp³-hybridized carbons (Fsp3) is 0.500. The first kappa shape index (κ1) is 25.2. The average Bonchev–Trinajstić information content (AvgIpc) is 2.55. The van der Waals surface area contributed by atoms with Gasteiger partial charge in [0.15, 0.2) is 0 Å². The molecule has 0 atom stereocenters. The summed E-state index contributed by atoms with van der Waals surface area (Å²) in [6.07, 6.45) is 0. The first-order valence-electron chi connectivity index (χ1n) is 8.76. The number of hydrogen-bond acceptors (Lipinski definition) is 8. The fourth-order valence-electron chi connectivity index (χ4n) is 2.22. The SMILES string of the molecule is Cc1[c-]cc2c(c1)N=C([O-])C(C)(C)N=C([O-])C(C)(C)C([O-])=NC(C)(C)C([O-])=N2.[Y]. The number of aryl methyl sites for hydroxylation is 1. The molecule has 0 spiro atoms. The molecule has 0 saturated carbocycles. The Hall–Kier alpha value is -1.80. The van der Waals surface area contributed by atoms with Crippen LogP contribution < -0.4 is 20.4 Å². The van der Waals surface area contributed by atoms with Crippen molar-refractivity contribution < 1.29 is 53.1 Å². The van der Waals surface area contributed by atoms with E-state index in [9.17, 15) is 20.4 Å². The van der Waals surface area contributed by atoms with Gasteiger partial charge in [0, 0.05) is 38.1 Å². The van der Waals surface area contributed by atoms with Crippen LogP contribution in [0.4, 0.5) is 11.4 Å². The number of hydrogen-bond donors (Lipinski definition) is 0. The number of rotatable bonds is 0. The molecule has 1 heterocycles. The van der Waals surface area contributed by atoms with Crippen molar-refractivity contribution in [2.24, 2.45) is 25.4 Å². The Kier molecular flexibility index (Phi) is 7.41. The summed E-state index contributed by atoms with van der Waals surface area (Å²) in [6.45, 7) is 10.2. The van der Waals surface area contributed by atoms with Crippen LogP contribution in [-0.2, 0) is 32.7 Å². The van der Waals surface area contributed by atoms with Gasteiger partial charge in [0.05, 0.1) is 11.1 Å². The third-order valence-electron chi connectivity index (χ3n) is 4.37. The van der Waals surface area contributed by atoms with Gasteiger partial charge in [-0.1, -0.05) is 20.8 Å². The van der Waals surface area contributed by atoms with Crippen molar-refractivity contribution in [1.29, 1.82) is 0 Å². The van der Waals surface area contributed by atoms with Gasteiger partial charge < -0.3 is 25.4 Å². The molecule has 0 aliphatic carbocycles. The molecule has 0 N–H and O–H groups in total. The second-order valence-corrected chi connectivity index (χ2v) is 8.30. The third-order valence-corrected chi connectivity index (χ3v) is 4.37. The van der Waals surface area contributed by atoms with Crippen LogP contribution >= 0.6 is 0 Å². The molecule has 1 radical (unpaired) electrons.